The summed E-state index contributed by atoms with van der Waals surface area (Å²) in [7, 11) is 0. The number of aryl methyl sites for hydroxylation is 1. The van der Waals surface area contributed by atoms with Gasteiger partial charge in [-0.3, -0.25) is 5.10 Å². The number of ether oxygens (including phenoxy) is 1. The van der Waals surface area contributed by atoms with Gasteiger partial charge in [0.15, 0.2) is 5.69 Å². The van der Waals surface area contributed by atoms with Gasteiger partial charge in [-0.2, -0.15) is 5.10 Å². The quantitative estimate of drug-likeness (QED) is 0.799. The summed E-state index contributed by atoms with van der Waals surface area (Å²) < 4.78 is 5.33. The Morgan fingerprint density at radius 3 is 2.61 bits per heavy atom. The van der Waals surface area contributed by atoms with Crippen molar-refractivity contribution in [1.82, 2.24) is 10.2 Å². The van der Waals surface area contributed by atoms with Crippen LogP contribution in [0.5, 0.6) is 0 Å². The molecule has 0 aliphatic carbocycles. The minimum Gasteiger partial charge on any atom is -0.455 e. The van der Waals surface area contributed by atoms with Gasteiger partial charge in [0.25, 0.3) is 0 Å². The van der Waals surface area contributed by atoms with Gasteiger partial charge in [0.1, 0.15) is 5.60 Å². The summed E-state index contributed by atoms with van der Waals surface area (Å²) in [6, 6.07) is 12.3. The van der Waals surface area contributed by atoms with Crippen LogP contribution in [-0.2, 0) is 11.2 Å². The Bertz CT molecular complexity index is 626. The van der Waals surface area contributed by atoms with E-state index in [0.717, 1.165) is 25.0 Å². The highest BCUT2D eigenvalue weighted by molar-refractivity contribution is 5.87. The molecular formula is C19H26N2O2. The first-order valence-electron chi connectivity index (χ1n) is 8.18. The lowest BCUT2D eigenvalue weighted by molar-refractivity contribution is 0.00628. The molecule has 23 heavy (non-hydrogen) atoms. The SMILES string of the molecule is CC(CCCc1ccccc1)c1cc(C(=O)OC(C)(C)C)n[nH]1. The van der Waals surface area contributed by atoms with Crippen molar-refractivity contribution in [3.8, 4) is 0 Å². The Labute approximate surface area is 138 Å². The summed E-state index contributed by atoms with van der Waals surface area (Å²) >= 11 is 0. The number of hydrogen-bond acceptors (Lipinski definition) is 3. The van der Waals surface area contributed by atoms with Crippen LogP contribution in [0.3, 0.4) is 0 Å². The van der Waals surface area contributed by atoms with E-state index in [-0.39, 0.29) is 5.97 Å². The summed E-state index contributed by atoms with van der Waals surface area (Å²) in [6.07, 6.45) is 3.22. The third kappa shape index (κ3) is 5.55. The Morgan fingerprint density at radius 1 is 1.26 bits per heavy atom. The third-order valence-corrected chi connectivity index (χ3v) is 3.68. The van der Waals surface area contributed by atoms with Crippen molar-refractivity contribution in [3.63, 3.8) is 0 Å². The van der Waals surface area contributed by atoms with Gasteiger partial charge in [0.2, 0.25) is 0 Å². The second-order valence-corrected chi connectivity index (χ2v) is 6.99. The van der Waals surface area contributed by atoms with Crippen LogP contribution in [0.4, 0.5) is 0 Å². The largest absolute Gasteiger partial charge is 0.455 e. The van der Waals surface area contributed by atoms with E-state index in [2.05, 4.69) is 41.4 Å². The molecule has 4 heteroatoms. The fraction of sp³-hybridized carbons (Fsp3) is 0.474. The first-order valence-corrected chi connectivity index (χ1v) is 8.18. The summed E-state index contributed by atoms with van der Waals surface area (Å²) in [4.78, 5) is 12.0. The summed E-state index contributed by atoms with van der Waals surface area (Å²) in [5.41, 5.74) is 2.19. The van der Waals surface area contributed by atoms with Gasteiger partial charge >= 0.3 is 5.97 Å². The van der Waals surface area contributed by atoms with Crippen LogP contribution in [0, 0.1) is 0 Å². The van der Waals surface area contributed by atoms with Gasteiger partial charge in [-0.05, 0) is 57.6 Å². The number of rotatable bonds is 6. The maximum Gasteiger partial charge on any atom is 0.359 e. The summed E-state index contributed by atoms with van der Waals surface area (Å²) in [6.45, 7) is 7.71. The van der Waals surface area contributed by atoms with E-state index in [1.807, 2.05) is 26.8 Å². The van der Waals surface area contributed by atoms with Crippen LogP contribution in [0.25, 0.3) is 0 Å². The van der Waals surface area contributed by atoms with E-state index in [4.69, 9.17) is 4.74 Å². The number of nitrogens with zero attached hydrogens (tertiary/aromatic N) is 1. The number of esters is 1. The lowest BCUT2D eigenvalue weighted by atomic mass is 9.98. The van der Waals surface area contributed by atoms with Crippen molar-refractivity contribution >= 4 is 5.97 Å². The van der Waals surface area contributed by atoms with Crippen LogP contribution >= 0.6 is 0 Å². The number of carbonyl (C=O) groups is 1. The average molecular weight is 314 g/mol. The highest BCUT2D eigenvalue weighted by atomic mass is 16.6. The Hall–Kier alpha value is -2.10. The molecule has 1 aromatic heterocycles. The van der Waals surface area contributed by atoms with Gasteiger partial charge < -0.3 is 4.74 Å². The maximum atomic E-state index is 12.0. The zero-order valence-corrected chi connectivity index (χ0v) is 14.4. The molecule has 0 radical (unpaired) electrons. The van der Waals surface area contributed by atoms with Gasteiger partial charge in [-0.1, -0.05) is 37.3 Å². The van der Waals surface area contributed by atoms with Crippen molar-refractivity contribution in [2.24, 2.45) is 0 Å². The van der Waals surface area contributed by atoms with Crippen molar-refractivity contribution in [3.05, 3.63) is 53.3 Å². The standard InChI is InChI=1S/C19H26N2O2/c1-14(9-8-12-15-10-6-5-7-11-15)16-13-17(21-20-16)18(22)23-19(2,3)4/h5-7,10-11,13-14H,8-9,12H2,1-4H3,(H,20,21). The Kier molecular flexibility index (Phi) is 5.59. The molecule has 0 amide bonds. The average Bonchev–Trinajstić information content (AvgIpc) is 2.96. The molecule has 1 heterocycles. The first-order chi connectivity index (χ1) is 10.8. The smallest absolute Gasteiger partial charge is 0.359 e. The summed E-state index contributed by atoms with van der Waals surface area (Å²) in [5.74, 6) is -0.0427. The van der Waals surface area contributed by atoms with Crippen molar-refractivity contribution in [1.29, 1.82) is 0 Å². The topological polar surface area (TPSA) is 55.0 Å². The minimum atomic E-state index is -0.502. The number of aromatic nitrogens is 2. The van der Waals surface area contributed by atoms with E-state index in [0.29, 0.717) is 11.6 Å². The molecule has 0 aliphatic heterocycles. The number of aromatic amines is 1. The van der Waals surface area contributed by atoms with Crippen LogP contribution in [0.2, 0.25) is 0 Å². The summed E-state index contributed by atoms with van der Waals surface area (Å²) in [5, 5.41) is 7.06. The molecule has 0 spiro atoms. The molecule has 0 saturated heterocycles. The first kappa shape index (κ1) is 17.3. The second-order valence-electron chi connectivity index (χ2n) is 6.99. The molecule has 1 unspecified atom stereocenters. The van der Waals surface area contributed by atoms with E-state index in [1.54, 1.807) is 6.07 Å². The molecule has 0 bridgehead atoms. The molecule has 1 atom stereocenters. The van der Waals surface area contributed by atoms with Gasteiger partial charge in [0.05, 0.1) is 0 Å². The minimum absolute atomic E-state index is 0.336. The molecule has 0 aliphatic rings. The van der Waals surface area contributed by atoms with Crippen molar-refractivity contribution in [2.75, 3.05) is 0 Å². The van der Waals surface area contributed by atoms with Crippen LogP contribution in [0.15, 0.2) is 36.4 Å². The molecule has 2 rings (SSSR count). The second kappa shape index (κ2) is 7.44. The molecule has 124 valence electrons. The molecule has 1 aromatic carbocycles. The normalized spacial score (nSPS) is 12.9. The molecule has 2 aromatic rings. The number of carbonyl (C=O) groups excluding carboxylic acids is 1. The lowest BCUT2D eigenvalue weighted by Crippen LogP contribution is -2.24. The zero-order chi connectivity index (χ0) is 16.9. The fourth-order valence-corrected chi connectivity index (χ4v) is 2.44. The van der Waals surface area contributed by atoms with Crippen LogP contribution < -0.4 is 0 Å². The van der Waals surface area contributed by atoms with Crippen LogP contribution in [-0.4, -0.2) is 21.8 Å². The third-order valence-electron chi connectivity index (χ3n) is 3.68. The number of nitrogens with one attached hydrogen (secondary N) is 1. The molecule has 0 fully saturated rings. The molecule has 0 saturated carbocycles. The lowest BCUT2D eigenvalue weighted by Gasteiger charge is -2.18. The van der Waals surface area contributed by atoms with E-state index >= 15 is 0 Å². The van der Waals surface area contributed by atoms with E-state index < -0.39 is 5.60 Å². The highest BCUT2D eigenvalue weighted by Gasteiger charge is 2.21. The van der Waals surface area contributed by atoms with Crippen molar-refractivity contribution in [2.45, 2.75) is 58.5 Å². The van der Waals surface area contributed by atoms with E-state index in [1.165, 1.54) is 5.56 Å². The highest BCUT2D eigenvalue weighted by Crippen LogP contribution is 2.21. The van der Waals surface area contributed by atoms with Crippen molar-refractivity contribution < 1.29 is 9.53 Å². The fourth-order valence-electron chi connectivity index (χ4n) is 2.44. The Balaban J connectivity index is 1.86. The maximum absolute atomic E-state index is 12.0. The number of benzene rings is 1. The number of hydrogen-bond donors (Lipinski definition) is 1. The van der Waals surface area contributed by atoms with E-state index in [9.17, 15) is 4.79 Å². The molecule has 4 nitrogen and oxygen atoms in total. The predicted molar refractivity (Wildman–Crippen MR) is 91.6 cm³/mol. The van der Waals surface area contributed by atoms with Gasteiger partial charge in [0, 0.05) is 5.69 Å². The Morgan fingerprint density at radius 2 is 1.96 bits per heavy atom. The van der Waals surface area contributed by atoms with Gasteiger partial charge in [-0.25, -0.2) is 4.79 Å². The number of H-pyrrole nitrogens is 1. The zero-order valence-electron chi connectivity index (χ0n) is 14.4. The van der Waals surface area contributed by atoms with Gasteiger partial charge in [-0.15, -0.1) is 0 Å². The van der Waals surface area contributed by atoms with Crippen LogP contribution in [0.1, 0.15) is 68.2 Å². The monoisotopic (exact) mass is 314 g/mol. The molecule has 1 N–H and O–H groups in total. The predicted octanol–water partition coefficient (Wildman–Crippen LogP) is 4.49. The molecular weight excluding hydrogens is 288 g/mol.